The Morgan fingerprint density at radius 1 is 1.25 bits per heavy atom. The van der Waals surface area contributed by atoms with Crippen LogP contribution in [0.15, 0.2) is 34.6 Å². The molecule has 0 spiro atoms. The molecule has 2 N–H and O–H groups in total. The van der Waals surface area contributed by atoms with Gasteiger partial charge in [-0.1, -0.05) is 36.8 Å². The topological polar surface area (TPSA) is 58.5 Å². The van der Waals surface area contributed by atoms with Gasteiger partial charge in [0.25, 0.3) is 0 Å². The van der Waals surface area contributed by atoms with Gasteiger partial charge in [0.05, 0.1) is 23.4 Å². The first-order valence-electron chi connectivity index (χ1n) is 10.3. The number of benzene rings is 1. The van der Waals surface area contributed by atoms with Gasteiger partial charge in [0.1, 0.15) is 0 Å². The first-order valence-corrected chi connectivity index (χ1v) is 11.2. The van der Waals surface area contributed by atoms with Crippen LogP contribution in [0.25, 0.3) is 0 Å². The maximum Gasteiger partial charge on any atom is 0.191 e. The lowest BCUT2D eigenvalue weighted by Crippen LogP contribution is -2.42. The second-order valence-corrected chi connectivity index (χ2v) is 8.21. The standard InChI is InChI=1S/C22H32N4OS/c1-4-20-26-19(15-28-20)14-25-22(23-5-2)24-13-18-7-6-12-27-21(18)17-10-8-16(3)9-11-17/h8-11,15,18,21H,4-7,12-14H2,1-3H3,(H2,23,24,25). The van der Waals surface area contributed by atoms with Crippen LogP contribution in [-0.2, 0) is 17.7 Å². The highest BCUT2D eigenvalue weighted by Gasteiger charge is 2.27. The molecule has 2 atom stereocenters. The van der Waals surface area contributed by atoms with Crippen molar-refractivity contribution < 1.29 is 4.74 Å². The van der Waals surface area contributed by atoms with Crippen LogP contribution in [-0.4, -0.2) is 30.6 Å². The van der Waals surface area contributed by atoms with Crippen LogP contribution in [0.5, 0.6) is 0 Å². The zero-order valence-corrected chi connectivity index (χ0v) is 18.0. The monoisotopic (exact) mass is 400 g/mol. The Hall–Kier alpha value is -1.92. The van der Waals surface area contributed by atoms with Gasteiger partial charge in [-0.2, -0.15) is 0 Å². The smallest absolute Gasteiger partial charge is 0.191 e. The molecule has 0 radical (unpaired) electrons. The maximum absolute atomic E-state index is 6.14. The molecule has 6 heteroatoms. The number of ether oxygens (including phenoxy) is 1. The lowest BCUT2D eigenvalue weighted by molar-refractivity contribution is -0.0265. The van der Waals surface area contributed by atoms with Gasteiger partial charge < -0.3 is 15.4 Å². The van der Waals surface area contributed by atoms with E-state index in [9.17, 15) is 0 Å². The molecule has 2 heterocycles. The summed E-state index contributed by atoms with van der Waals surface area (Å²) in [6, 6.07) is 8.74. The zero-order chi connectivity index (χ0) is 19.8. The average molecular weight is 401 g/mol. The largest absolute Gasteiger partial charge is 0.373 e. The van der Waals surface area contributed by atoms with E-state index >= 15 is 0 Å². The predicted octanol–water partition coefficient (Wildman–Crippen LogP) is 4.24. The molecule has 1 saturated heterocycles. The van der Waals surface area contributed by atoms with Crippen molar-refractivity contribution in [1.29, 1.82) is 0 Å². The quantitative estimate of drug-likeness (QED) is 0.539. The van der Waals surface area contributed by atoms with E-state index in [0.29, 0.717) is 12.5 Å². The van der Waals surface area contributed by atoms with Crippen LogP contribution in [0.2, 0.25) is 0 Å². The van der Waals surface area contributed by atoms with E-state index in [0.717, 1.165) is 50.6 Å². The Morgan fingerprint density at radius 2 is 2.07 bits per heavy atom. The van der Waals surface area contributed by atoms with Crippen molar-refractivity contribution in [3.8, 4) is 0 Å². The van der Waals surface area contributed by atoms with Gasteiger partial charge in [-0.15, -0.1) is 11.3 Å². The van der Waals surface area contributed by atoms with Crippen molar-refractivity contribution in [2.45, 2.75) is 52.7 Å². The molecule has 28 heavy (non-hydrogen) atoms. The van der Waals surface area contributed by atoms with Gasteiger partial charge in [-0.05, 0) is 38.7 Å². The third-order valence-electron chi connectivity index (χ3n) is 5.03. The van der Waals surface area contributed by atoms with Crippen molar-refractivity contribution in [3.63, 3.8) is 0 Å². The fourth-order valence-corrected chi connectivity index (χ4v) is 4.23. The third kappa shape index (κ3) is 5.79. The molecule has 0 saturated carbocycles. The summed E-state index contributed by atoms with van der Waals surface area (Å²) in [6.45, 7) is 9.48. The SMILES string of the molecule is CCNC(=NCc1csc(CC)n1)NCC1CCCOC1c1ccc(C)cc1. The predicted molar refractivity (Wildman–Crippen MR) is 117 cm³/mol. The van der Waals surface area contributed by atoms with Gasteiger partial charge in [0.2, 0.25) is 0 Å². The molecule has 2 aromatic rings. The van der Waals surface area contributed by atoms with Gasteiger partial charge in [0, 0.05) is 31.0 Å². The summed E-state index contributed by atoms with van der Waals surface area (Å²) < 4.78 is 6.14. The Morgan fingerprint density at radius 3 is 2.79 bits per heavy atom. The Bertz CT molecular complexity index is 756. The summed E-state index contributed by atoms with van der Waals surface area (Å²) in [6.07, 6.45) is 3.41. The van der Waals surface area contributed by atoms with E-state index in [1.807, 2.05) is 0 Å². The number of guanidine groups is 1. The molecule has 152 valence electrons. The number of aliphatic imine (C=N–C) groups is 1. The third-order valence-corrected chi connectivity index (χ3v) is 6.07. The van der Waals surface area contributed by atoms with Gasteiger partial charge in [-0.3, -0.25) is 0 Å². The molecule has 1 aliphatic rings. The Kier molecular flexibility index (Phi) is 7.86. The summed E-state index contributed by atoms with van der Waals surface area (Å²) in [5, 5.41) is 10.2. The van der Waals surface area contributed by atoms with Crippen LogP contribution < -0.4 is 10.6 Å². The van der Waals surface area contributed by atoms with Crippen molar-refractivity contribution in [3.05, 3.63) is 51.5 Å². The average Bonchev–Trinajstić information content (AvgIpc) is 3.19. The molecule has 0 amide bonds. The molecule has 5 nitrogen and oxygen atoms in total. The van der Waals surface area contributed by atoms with Crippen molar-refractivity contribution in [2.24, 2.45) is 10.9 Å². The molecule has 2 unspecified atom stereocenters. The number of aryl methyl sites for hydroxylation is 2. The second-order valence-electron chi connectivity index (χ2n) is 7.27. The molecule has 0 aliphatic carbocycles. The summed E-state index contributed by atoms with van der Waals surface area (Å²) in [5.74, 6) is 1.29. The number of aromatic nitrogens is 1. The number of hydrogen-bond acceptors (Lipinski definition) is 4. The van der Waals surface area contributed by atoms with E-state index in [4.69, 9.17) is 9.73 Å². The Balaban J connectivity index is 1.61. The van der Waals surface area contributed by atoms with E-state index in [1.54, 1.807) is 11.3 Å². The molecule has 1 aliphatic heterocycles. The highest BCUT2D eigenvalue weighted by molar-refractivity contribution is 7.09. The minimum Gasteiger partial charge on any atom is -0.373 e. The fourth-order valence-electron chi connectivity index (χ4n) is 3.49. The Labute approximate surface area is 172 Å². The lowest BCUT2D eigenvalue weighted by atomic mass is 9.89. The van der Waals surface area contributed by atoms with E-state index in [-0.39, 0.29) is 6.10 Å². The number of rotatable bonds is 7. The minimum absolute atomic E-state index is 0.148. The maximum atomic E-state index is 6.14. The normalized spacial score (nSPS) is 20.2. The molecule has 0 bridgehead atoms. The highest BCUT2D eigenvalue weighted by Crippen LogP contribution is 2.33. The van der Waals surface area contributed by atoms with Crippen LogP contribution in [0.3, 0.4) is 0 Å². The number of nitrogens with zero attached hydrogens (tertiary/aromatic N) is 2. The molecular weight excluding hydrogens is 368 g/mol. The van der Waals surface area contributed by atoms with Gasteiger partial charge in [0.15, 0.2) is 5.96 Å². The molecule has 1 aromatic heterocycles. The van der Waals surface area contributed by atoms with Crippen LogP contribution in [0.4, 0.5) is 0 Å². The number of hydrogen-bond donors (Lipinski definition) is 2. The van der Waals surface area contributed by atoms with E-state index < -0.39 is 0 Å². The fraction of sp³-hybridized carbons (Fsp3) is 0.545. The van der Waals surface area contributed by atoms with Gasteiger partial charge >= 0.3 is 0 Å². The molecule has 1 fully saturated rings. The number of thiazole rings is 1. The zero-order valence-electron chi connectivity index (χ0n) is 17.2. The van der Waals surface area contributed by atoms with Crippen LogP contribution >= 0.6 is 11.3 Å². The van der Waals surface area contributed by atoms with Crippen LogP contribution in [0, 0.1) is 12.8 Å². The van der Waals surface area contributed by atoms with Gasteiger partial charge in [-0.25, -0.2) is 9.98 Å². The molecular formula is C22H32N4OS. The number of nitrogens with one attached hydrogen (secondary N) is 2. The first kappa shape index (κ1) is 20.8. The lowest BCUT2D eigenvalue weighted by Gasteiger charge is -2.32. The minimum atomic E-state index is 0.148. The second kappa shape index (κ2) is 10.6. The van der Waals surface area contributed by atoms with Crippen molar-refractivity contribution in [2.75, 3.05) is 19.7 Å². The van der Waals surface area contributed by atoms with E-state index in [2.05, 4.69) is 66.0 Å². The summed E-state index contributed by atoms with van der Waals surface area (Å²) in [5.41, 5.74) is 3.59. The summed E-state index contributed by atoms with van der Waals surface area (Å²) >= 11 is 1.71. The van der Waals surface area contributed by atoms with Crippen LogP contribution in [0.1, 0.15) is 54.6 Å². The molecule has 3 rings (SSSR count). The van der Waals surface area contributed by atoms with E-state index in [1.165, 1.54) is 16.1 Å². The summed E-state index contributed by atoms with van der Waals surface area (Å²) in [7, 11) is 0. The van der Waals surface area contributed by atoms with Crippen molar-refractivity contribution in [1.82, 2.24) is 15.6 Å². The van der Waals surface area contributed by atoms with Crippen molar-refractivity contribution >= 4 is 17.3 Å². The highest BCUT2D eigenvalue weighted by atomic mass is 32.1. The first-order chi connectivity index (χ1) is 13.7. The summed E-state index contributed by atoms with van der Waals surface area (Å²) in [4.78, 5) is 9.33. The molecule has 1 aromatic carbocycles.